The number of hydrogen-bond donors (Lipinski definition) is 1. The molecule has 4 rings (SSSR count). The lowest BCUT2D eigenvalue weighted by Crippen LogP contribution is -2.12. The minimum atomic E-state index is -4.60. The molecule has 3 heterocycles. The van der Waals surface area contributed by atoms with Crippen LogP contribution in [0.2, 0.25) is 5.02 Å². The van der Waals surface area contributed by atoms with Gasteiger partial charge in [-0.1, -0.05) is 41.4 Å². The lowest BCUT2D eigenvalue weighted by atomic mass is 10.1. The molecular formula is C19H15ClF3N5OS. The minimum Gasteiger partial charge on any atom is -0.303 e. The standard InChI is InChI=1S/C19H15ClF3N5OS/c1-10-3-5-11(6-4-10)8-28-9-13(20)16(26-28)24-17(29)14-7-12-15(19(21,22)23)25-27(2)18(12)30-14/h3-7,9H,8H2,1-2H3,(H,24,26,29). The molecular weight excluding hydrogens is 439 g/mol. The van der Waals surface area contributed by atoms with Gasteiger partial charge in [-0.3, -0.25) is 14.2 Å². The number of amides is 1. The molecule has 3 aromatic heterocycles. The number of thiophene rings is 1. The largest absolute Gasteiger partial charge is 0.435 e. The molecule has 1 aromatic carbocycles. The second-order valence-electron chi connectivity index (χ2n) is 6.76. The summed E-state index contributed by atoms with van der Waals surface area (Å²) in [5.74, 6) is -0.452. The van der Waals surface area contributed by atoms with E-state index in [-0.39, 0.29) is 25.9 Å². The summed E-state index contributed by atoms with van der Waals surface area (Å²) in [5.41, 5.74) is 1.13. The average molecular weight is 454 g/mol. The Morgan fingerprint density at radius 3 is 2.60 bits per heavy atom. The van der Waals surface area contributed by atoms with Crippen LogP contribution in [0, 0.1) is 6.92 Å². The van der Waals surface area contributed by atoms with Gasteiger partial charge in [0.05, 0.1) is 11.4 Å². The Kier molecular flexibility index (Phi) is 5.07. The predicted molar refractivity (Wildman–Crippen MR) is 109 cm³/mol. The zero-order valence-electron chi connectivity index (χ0n) is 15.8. The van der Waals surface area contributed by atoms with Crippen molar-refractivity contribution in [2.45, 2.75) is 19.6 Å². The summed E-state index contributed by atoms with van der Waals surface area (Å²) in [4.78, 5) is 12.9. The van der Waals surface area contributed by atoms with E-state index in [0.29, 0.717) is 6.54 Å². The number of carbonyl (C=O) groups excluding carboxylic acids is 1. The van der Waals surface area contributed by atoms with Crippen LogP contribution in [0.1, 0.15) is 26.5 Å². The van der Waals surface area contributed by atoms with E-state index in [1.807, 2.05) is 31.2 Å². The Balaban J connectivity index is 1.55. The molecule has 1 N–H and O–H groups in total. The Bertz CT molecular complexity index is 1240. The molecule has 0 unspecified atom stereocenters. The zero-order valence-corrected chi connectivity index (χ0v) is 17.4. The van der Waals surface area contributed by atoms with Gasteiger partial charge in [0.2, 0.25) is 0 Å². The number of alkyl halides is 3. The van der Waals surface area contributed by atoms with Crippen LogP contribution < -0.4 is 5.32 Å². The van der Waals surface area contributed by atoms with Gasteiger partial charge >= 0.3 is 6.18 Å². The number of carbonyl (C=O) groups is 1. The Morgan fingerprint density at radius 1 is 1.23 bits per heavy atom. The average Bonchev–Trinajstić information content (AvgIpc) is 3.32. The third-order valence-electron chi connectivity index (χ3n) is 4.42. The first-order valence-electron chi connectivity index (χ1n) is 8.75. The first kappa shape index (κ1) is 20.4. The summed E-state index contributed by atoms with van der Waals surface area (Å²) in [6.07, 6.45) is -3.03. The highest BCUT2D eigenvalue weighted by molar-refractivity contribution is 7.20. The molecule has 30 heavy (non-hydrogen) atoms. The highest BCUT2D eigenvalue weighted by atomic mass is 35.5. The number of fused-ring (bicyclic) bond motifs is 1. The van der Waals surface area contributed by atoms with E-state index >= 15 is 0 Å². The molecule has 0 atom stereocenters. The number of nitrogens with one attached hydrogen (secondary N) is 1. The highest BCUT2D eigenvalue weighted by Crippen LogP contribution is 2.37. The van der Waals surface area contributed by atoms with Crippen LogP contribution in [0.4, 0.5) is 19.0 Å². The first-order chi connectivity index (χ1) is 14.1. The molecule has 0 bridgehead atoms. The number of halogens is 4. The van der Waals surface area contributed by atoms with E-state index in [4.69, 9.17) is 11.6 Å². The fraction of sp³-hybridized carbons (Fsp3) is 0.211. The van der Waals surface area contributed by atoms with Crippen LogP contribution in [0.5, 0.6) is 0 Å². The molecule has 0 spiro atoms. The van der Waals surface area contributed by atoms with Crippen LogP contribution in [-0.4, -0.2) is 25.5 Å². The van der Waals surface area contributed by atoms with Gasteiger partial charge in [-0.05, 0) is 18.6 Å². The van der Waals surface area contributed by atoms with Crippen molar-refractivity contribution >= 4 is 44.9 Å². The van der Waals surface area contributed by atoms with Crippen LogP contribution in [-0.2, 0) is 19.8 Å². The van der Waals surface area contributed by atoms with Gasteiger partial charge < -0.3 is 5.32 Å². The van der Waals surface area contributed by atoms with Crippen molar-refractivity contribution in [2.75, 3.05) is 5.32 Å². The Hall–Kier alpha value is -2.85. The lowest BCUT2D eigenvalue weighted by Gasteiger charge is -2.03. The smallest absolute Gasteiger partial charge is 0.303 e. The fourth-order valence-electron chi connectivity index (χ4n) is 2.97. The monoisotopic (exact) mass is 453 g/mol. The van der Waals surface area contributed by atoms with Gasteiger partial charge in [-0.15, -0.1) is 11.3 Å². The SMILES string of the molecule is Cc1ccc(Cn2cc(Cl)c(NC(=O)c3cc4c(C(F)(F)F)nn(C)c4s3)n2)cc1. The van der Waals surface area contributed by atoms with E-state index in [0.717, 1.165) is 27.1 Å². The summed E-state index contributed by atoms with van der Waals surface area (Å²) in [6, 6.07) is 9.07. The summed E-state index contributed by atoms with van der Waals surface area (Å²) in [5, 5.41) is 10.5. The maximum atomic E-state index is 13.1. The molecule has 0 fully saturated rings. The topological polar surface area (TPSA) is 64.7 Å². The molecule has 0 radical (unpaired) electrons. The molecule has 0 saturated carbocycles. The molecule has 4 aromatic rings. The number of benzene rings is 1. The van der Waals surface area contributed by atoms with Gasteiger partial charge in [0.15, 0.2) is 11.5 Å². The molecule has 6 nitrogen and oxygen atoms in total. The molecule has 1 amide bonds. The fourth-order valence-corrected chi connectivity index (χ4v) is 4.14. The van der Waals surface area contributed by atoms with Crippen LogP contribution in [0.3, 0.4) is 0 Å². The van der Waals surface area contributed by atoms with Crippen molar-refractivity contribution in [3.05, 3.63) is 63.2 Å². The molecule has 0 aliphatic rings. The third-order valence-corrected chi connectivity index (χ3v) is 5.90. The molecule has 0 aliphatic heterocycles. The van der Waals surface area contributed by atoms with Gasteiger partial charge in [-0.2, -0.15) is 23.4 Å². The summed E-state index contributed by atoms with van der Waals surface area (Å²) < 4.78 is 42.1. The lowest BCUT2D eigenvalue weighted by molar-refractivity contribution is -0.140. The normalized spacial score (nSPS) is 11.9. The maximum Gasteiger partial charge on any atom is 0.435 e. The highest BCUT2D eigenvalue weighted by Gasteiger charge is 2.37. The minimum absolute atomic E-state index is 0.104. The zero-order chi connectivity index (χ0) is 21.6. The van der Waals surface area contributed by atoms with Gasteiger partial charge in [0.25, 0.3) is 5.91 Å². The Morgan fingerprint density at radius 2 is 1.93 bits per heavy atom. The van der Waals surface area contributed by atoms with E-state index in [2.05, 4.69) is 15.5 Å². The first-order valence-corrected chi connectivity index (χ1v) is 9.95. The maximum absolute atomic E-state index is 13.1. The number of aromatic nitrogens is 4. The summed E-state index contributed by atoms with van der Waals surface area (Å²) in [6.45, 7) is 2.45. The second-order valence-corrected chi connectivity index (χ2v) is 8.20. The number of rotatable bonds is 4. The van der Waals surface area contributed by atoms with E-state index < -0.39 is 17.8 Å². The number of hydrogen-bond acceptors (Lipinski definition) is 4. The molecule has 0 aliphatic carbocycles. The van der Waals surface area contributed by atoms with Crippen molar-refractivity contribution in [1.82, 2.24) is 19.6 Å². The van der Waals surface area contributed by atoms with Crippen molar-refractivity contribution in [2.24, 2.45) is 7.05 Å². The number of nitrogens with zero attached hydrogens (tertiary/aromatic N) is 4. The quantitative estimate of drug-likeness (QED) is 0.467. The van der Waals surface area contributed by atoms with Crippen molar-refractivity contribution in [1.29, 1.82) is 0 Å². The van der Waals surface area contributed by atoms with Crippen molar-refractivity contribution < 1.29 is 18.0 Å². The van der Waals surface area contributed by atoms with E-state index in [9.17, 15) is 18.0 Å². The van der Waals surface area contributed by atoms with E-state index in [1.54, 1.807) is 10.9 Å². The van der Waals surface area contributed by atoms with Crippen molar-refractivity contribution in [3.63, 3.8) is 0 Å². The van der Waals surface area contributed by atoms with Gasteiger partial charge in [-0.25, -0.2) is 0 Å². The number of aryl methyl sites for hydroxylation is 2. The Labute approximate surface area is 177 Å². The van der Waals surface area contributed by atoms with Crippen LogP contribution in [0.15, 0.2) is 36.5 Å². The van der Waals surface area contributed by atoms with Crippen molar-refractivity contribution in [3.8, 4) is 0 Å². The predicted octanol–water partition coefficient (Wildman–Crippen LogP) is 5.11. The van der Waals surface area contributed by atoms with Gasteiger partial charge in [0, 0.05) is 18.6 Å². The second kappa shape index (κ2) is 7.44. The van der Waals surface area contributed by atoms with Crippen LogP contribution in [0.25, 0.3) is 10.2 Å². The molecule has 0 saturated heterocycles. The summed E-state index contributed by atoms with van der Waals surface area (Å²) >= 11 is 7.09. The molecule has 156 valence electrons. The summed E-state index contributed by atoms with van der Waals surface area (Å²) in [7, 11) is 1.40. The van der Waals surface area contributed by atoms with E-state index in [1.165, 1.54) is 13.1 Å². The van der Waals surface area contributed by atoms with Gasteiger partial charge in [0.1, 0.15) is 9.85 Å². The molecule has 11 heteroatoms. The third kappa shape index (κ3) is 3.92. The number of anilines is 1. The van der Waals surface area contributed by atoms with Crippen LogP contribution >= 0.6 is 22.9 Å².